The molecule has 0 heterocycles. The van der Waals surface area contributed by atoms with Gasteiger partial charge in [-0.3, -0.25) is 19.5 Å². The average molecular weight is 274 g/mol. The summed E-state index contributed by atoms with van der Waals surface area (Å²) in [4.78, 5) is 21.2. The molecule has 0 aliphatic carbocycles. The predicted octanol–water partition coefficient (Wildman–Crippen LogP) is 0.212. The summed E-state index contributed by atoms with van der Waals surface area (Å²) in [5.41, 5.74) is 0.0143. The number of rotatable bonds is 5. The lowest BCUT2D eigenvalue weighted by Crippen LogP contribution is -2.28. The molecule has 98 valence electrons. The second-order valence-corrected chi connectivity index (χ2v) is 4.92. The molecule has 0 aliphatic rings. The third-order valence-electron chi connectivity index (χ3n) is 1.99. The number of hydrogen-bond donors (Lipinski definition) is 2. The van der Waals surface area contributed by atoms with Gasteiger partial charge in [0.25, 0.3) is 21.7 Å². The van der Waals surface area contributed by atoms with Crippen LogP contribution in [0.15, 0.2) is 24.3 Å². The molecule has 1 rings (SSSR count). The Balaban J connectivity index is 2.59. The Morgan fingerprint density at radius 1 is 1.33 bits per heavy atom. The van der Waals surface area contributed by atoms with Crippen LogP contribution in [-0.2, 0) is 10.1 Å². The Morgan fingerprint density at radius 3 is 2.33 bits per heavy atom. The normalized spacial score (nSPS) is 10.9. The summed E-state index contributed by atoms with van der Waals surface area (Å²) in [7, 11) is -4.12. The zero-order valence-corrected chi connectivity index (χ0v) is 9.88. The van der Waals surface area contributed by atoms with Crippen molar-refractivity contribution in [3.8, 4) is 0 Å². The van der Waals surface area contributed by atoms with E-state index in [0.717, 1.165) is 12.1 Å². The van der Waals surface area contributed by atoms with Gasteiger partial charge in [-0.25, -0.2) is 0 Å². The molecule has 0 aliphatic heterocycles. The van der Waals surface area contributed by atoms with E-state index in [-0.39, 0.29) is 17.8 Å². The van der Waals surface area contributed by atoms with E-state index in [9.17, 15) is 23.3 Å². The lowest BCUT2D eigenvalue weighted by molar-refractivity contribution is -0.384. The van der Waals surface area contributed by atoms with Gasteiger partial charge < -0.3 is 5.32 Å². The highest BCUT2D eigenvalue weighted by Crippen LogP contribution is 2.11. The number of carbonyl (C=O) groups excluding carboxylic acids is 1. The van der Waals surface area contributed by atoms with Gasteiger partial charge >= 0.3 is 0 Å². The maximum atomic E-state index is 11.5. The first-order valence-electron chi connectivity index (χ1n) is 4.77. The van der Waals surface area contributed by atoms with E-state index in [2.05, 4.69) is 5.32 Å². The van der Waals surface area contributed by atoms with Gasteiger partial charge in [0.1, 0.15) is 0 Å². The Bertz CT molecular complexity index is 551. The fourth-order valence-electron chi connectivity index (χ4n) is 1.13. The molecule has 0 saturated heterocycles. The maximum Gasteiger partial charge on any atom is 0.269 e. The van der Waals surface area contributed by atoms with Crippen LogP contribution in [0.25, 0.3) is 0 Å². The first-order valence-corrected chi connectivity index (χ1v) is 6.38. The van der Waals surface area contributed by atoms with E-state index < -0.39 is 26.7 Å². The molecular weight excluding hydrogens is 264 g/mol. The Labute approximate surface area is 103 Å². The summed E-state index contributed by atoms with van der Waals surface area (Å²) in [6, 6.07) is 4.83. The van der Waals surface area contributed by atoms with Crippen LogP contribution in [0.3, 0.4) is 0 Å². The second-order valence-electron chi connectivity index (χ2n) is 3.35. The summed E-state index contributed by atoms with van der Waals surface area (Å²) >= 11 is 0. The Morgan fingerprint density at radius 2 is 1.89 bits per heavy atom. The number of nitro groups is 1. The van der Waals surface area contributed by atoms with E-state index >= 15 is 0 Å². The molecule has 0 saturated carbocycles. The predicted molar refractivity (Wildman–Crippen MR) is 61.8 cm³/mol. The van der Waals surface area contributed by atoms with Crippen LogP contribution < -0.4 is 5.32 Å². The molecule has 2 N–H and O–H groups in total. The van der Waals surface area contributed by atoms with Gasteiger partial charge in [-0.2, -0.15) is 8.42 Å². The van der Waals surface area contributed by atoms with E-state index in [1.807, 2.05) is 0 Å². The van der Waals surface area contributed by atoms with Crippen molar-refractivity contribution < 1.29 is 22.7 Å². The van der Waals surface area contributed by atoms with Gasteiger partial charge in [0.2, 0.25) is 0 Å². The van der Waals surface area contributed by atoms with Gasteiger partial charge in [-0.05, 0) is 12.1 Å². The number of carbonyl (C=O) groups is 1. The van der Waals surface area contributed by atoms with Crippen LogP contribution in [0.5, 0.6) is 0 Å². The van der Waals surface area contributed by atoms with E-state index in [0.29, 0.717) is 0 Å². The number of nitro benzene ring substituents is 1. The minimum absolute atomic E-state index is 0.149. The van der Waals surface area contributed by atoms with Gasteiger partial charge in [0, 0.05) is 24.2 Å². The molecule has 18 heavy (non-hydrogen) atoms. The maximum absolute atomic E-state index is 11.5. The van der Waals surface area contributed by atoms with E-state index in [4.69, 9.17) is 4.55 Å². The fourth-order valence-corrected chi connectivity index (χ4v) is 1.49. The third kappa shape index (κ3) is 4.47. The smallest absolute Gasteiger partial charge is 0.269 e. The van der Waals surface area contributed by atoms with Crippen molar-refractivity contribution in [2.45, 2.75) is 0 Å². The largest absolute Gasteiger partial charge is 0.351 e. The molecule has 0 unspecified atom stereocenters. The number of amides is 1. The minimum atomic E-state index is -4.12. The van der Waals surface area contributed by atoms with Crippen molar-refractivity contribution in [3.63, 3.8) is 0 Å². The Kier molecular flexibility index (Phi) is 4.34. The first-order chi connectivity index (χ1) is 8.29. The van der Waals surface area contributed by atoms with Crippen LogP contribution in [-0.4, -0.2) is 36.1 Å². The molecule has 8 nitrogen and oxygen atoms in total. The molecule has 1 aromatic carbocycles. The van der Waals surface area contributed by atoms with Crippen LogP contribution in [0.2, 0.25) is 0 Å². The molecule has 1 amide bonds. The third-order valence-corrected chi connectivity index (χ3v) is 2.71. The first kappa shape index (κ1) is 14.1. The van der Waals surface area contributed by atoms with Gasteiger partial charge in [0.05, 0.1) is 10.7 Å². The molecule has 1 aromatic rings. The number of nitrogens with zero attached hydrogens (tertiary/aromatic N) is 1. The summed E-state index contributed by atoms with van der Waals surface area (Å²) in [6.45, 7) is -0.241. The summed E-state index contributed by atoms with van der Waals surface area (Å²) < 4.78 is 29.2. The number of non-ortho nitro benzene ring substituents is 1. The Hall–Kier alpha value is -2.00. The molecule has 0 fully saturated rings. The van der Waals surface area contributed by atoms with Crippen molar-refractivity contribution in [3.05, 3.63) is 39.9 Å². The topological polar surface area (TPSA) is 127 Å². The molecule has 0 atom stereocenters. The molecule has 9 heteroatoms. The quantitative estimate of drug-likeness (QED) is 0.449. The average Bonchev–Trinajstić information content (AvgIpc) is 2.27. The summed E-state index contributed by atoms with van der Waals surface area (Å²) in [5.74, 6) is -1.17. The summed E-state index contributed by atoms with van der Waals surface area (Å²) in [5, 5.41) is 12.6. The number of hydrogen-bond acceptors (Lipinski definition) is 5. The van der Waals surface area contributed by atoms with Gasteiger partial charge in [-0.15, -0.1) is 0 Å². The fraction of sp³-hybridized carbons (Fsp3) is 0.222. The van der Waals surface area contributed by atoms with E-state index in [1.54, 1.807) is 0 Å². The van der Waals surface area contributed by atoms with Crippen LogP contribution in [0.1, 0.15) is 10.4 Å². The van der Waals surface area contributed by atoms with Crippen molar-refractivity contribution in [1.82, 2.24) is 5.32 Å². The van der Waals surface area contributed by atoms with Crippen molar-refractivity contribution in [1.29, 1.82) is 0 Å². The standard InChI is InChI=1S/C9H10N2O6S/c12-9(10-5-6-18(15,16)17)7-1-3-8(4-2-7)11(13)14/h1-4H,5-6H2,(H,10,12)(H,15,16,17). The number of nitrogens with one attached hydrogen (secondary N) is 1. The molecular formula is C9H10N2O6S. The highest BCUT2D eigenvalue weighted by atomic mass is 32.2. The second kappa shape index (κ2) is 5.56. The zero-order chi connectivity index (χ0) is 13.8. The van der Waals surface area contributed by atoms with Crippen LogP contribution in [0, 0.1) is 10.1 Å². The summed E-state index contributed by atoms with van der Waals surface area (Å²) in [6.07, 6.45) is 0. The highest BCUT2D eigenvalue weighted by molar-refractivity contribution is 7.85. The molecule has 0 aromatic heterocycles. The van der Waals surface area contributed by atoms with Crippen molar-refractivity contribution in [2.24, 2.45) is 0 Å². The van der Waals surface area contributed by atoms with Crippen LogP contribution >= 0.6 is 0 Å². The zero-order valence-electron chi connectivity index (χ0n) is 9.07. The van der Waals surface area contributed by atoms with Crippen LogP contribution in [0.4, 0.5) is 5.69 Å². The molecule has 0 spiro atoms. The van der Waals surface area contributed by atoms with Gasteiger partial charge in [0.15, 0.2) is 0 Å². The van der Waals surface area contributed by atoms with Crippen molar-refractivity contribution in [2.75, 3.05) is 12.3 Å². The SMILES string of the molecule is O=C(NCCS(=O)(=O)O)c1ccc([N+](=O)[O-])cc1. The van der Waals surface area contributed by atoms with Gasteiger partial charge in [-0.1, -0.05) is 0 Å². The lowest BCUT2D eigenvalue weighted by Gasteiger charge is -2.03. The minimum Gasteiger partial charge on any atom is -0.351 e. The lowest BCUT2D eigenvalue weighted by atomic mass is 10.2. The molecule has 0 radical (unpaired) electrons. The van der Waals surface area contributed by atoms with Crippen molar-refractivity contribution >= 4 is 21.7 Å². The van der Waals surface area contributed by atoms with E-state index in [1.165, 1.54) is 12.1 Å². The highest BCUT2D eigenvalue weighted by Gasteiger charge is 2.10. The molecule has 0 bridgehead atoms. The number of benzene rings is 1. The monoisotopic (exact) mass is 274 g/mol.